The first kappa shape index (κ1) is 12.2. The molecule has 1 aromatic carbocycles. The van der Waals surface area contributed by atoms with Gasteiger partial charge in [-0.25, -0.2) is 0 Å². The molecule has 1 fully saturated rings. The maximum absolute atomic E-state index is 9.56. The van der Waals surface area contributed by atoms with E-state index in [9.17, 15) is 5.11 Å². The van der Waals surface area contributed by atoms with Crippen LogP contribution < -0.4 is 10.5 Å². The lowest BCUT2D eigenvalue weighted by atomic mass is 9.81. The Morgan fingerprint density at radius 2 is 2.00 bits per heavy atom. The van der Waals surface area contributed by atoms with Gasteiger partial charge in [-0.15, -0.1) is 0 Å². The second kappa shape index (κ2) is 5.41. The summed E-state index contributed by atoms with van der Waals surface area (Å²) in [5.41, 5.74) is 7.37. The fraction of sp³-hybridized carbons (Fsp3) is 0.571. The van der Waals surface area contributed by atoms with Gasteiger partial charge in [0.05, 0.1) is 7.11 Å². The van der Waals surface area contributed by atoms with Crippen LogP contribution in [0.4, 0.5) is 0 Å². The van der Waals surface area contributed by atoms with Crippen LogP contribution in [0.25, 0.3) is 0 Å². The molecule has 94 valence electrons. The van der Waals surface area contributed by atoms with Gasteiger partial charge in [0.1, 0.15) is 0 Å². The molecule has 1 saturated carbocycles. The maximum Gasteiger partial charge on any atom is 0.160 e. The highest BCUT2D eigenvalue weighted by atomic mass is 16.5. The van der Waals surface area contributed by atoms with Crippen LogP contribution in [0.15, 0.2) is 18.2 Å². The van der Waals surface area contributed by atoms with E-state index in [-0.39, 0.29) is 11.8 Å². The SMILES string of the molecule is COc1cc([C@@H](N)C2CCCCC2)ccc1O. The number of phenolic OH excluding ortho intramolecular Hbond substituents is 1. The van der Waals surface area contributed by atoms with Crippen LogP contribution in [0.5, 0.6) is 11.5 Å². The van der Waals surface area contributed by atoms with Crippen molar-refractivity contribution in [3.8, 4) is 11.5 Å². The van der Waals surface area contributed by atoms with Crippen molar-refractivity contribution >= 4 is 0 Å². The Hall–Kier alpha value is -1.22. The monoisotopic (exact) mass is 235 g/mol. The molecule has 1 aromatic rings. The van der Waals surface area contributed by atoms with Crippen molar-refractivity contribution in [2.75, 3.05) is 7.11 Å². The molecule has 0 unspecified atom stereocenters. The second-order valence-electron chi connectivity index (χ2n) is 4.86. The predicted octanol–water partition coefficient (Wildman–Crippen LogP) is 2.98. The molecule has 0 aromatic heterocycles. The minimum absolute atomic E-state index is 0.0600. The first-order valence-electron chi connectivity index (χ1n) is 6.35. The third-order valence-electron chi connectivity index (χ3n) is 3.75. The van der Waals surface area contributed by atoms with Crippen LogP contribution >= 0.6 is 0 Å². The van der Waals surface area contributed by atoms with E-state index in [1.807, 2.05) is 12.1 Å². The third kappa shape index (κ3) is 2.72. The van der Waals surface area contributed by atoms with E-state index in [0.29, 0.717) is 11.7 Å². The summed E-state index contributed by atoms with van der Waals surface area (Å²) in [6, 6.07) is 5.48. The van der Waals surface area contributed by atoms with Crippen molar-refractivity contribution < 1.29 is 9.84 Å². The van der Waals surface area contributed by atoms with Crippen LogP contribution in [0.3, 0.4) is 0 Å². The van der Waals surface area contributed by atoms with Crippen LogP contribution in [-0.2, 0) is 0 Å². The van der Waals surface area contributed by atoms with Gasteiger partial charge in [0.2, 0.25) is 0 Å². The van der Waals surface area contributed by atoms with Gasteiger partial charge >= 0.3 is 0 Å². The van der Waals surface area contributed by atoms with Gasteiger partial charge in [-0.1, -0.05) is 25.3 Å². The Bertz CT molecular complexity index is 372. The summed E-state index contributed by atoms with van der Waals surface area (Å²) in [5, 5.41) is 9.56. The topological polar surface area (TPSA) is 55.5 Å². The first-order valence-corrected chi connectivity index (χ1v) is 6.35. The summed E-state index contributed by atoms with van der Waals surface area (Å²) < 4.78 is 5.12. The molecule has 3 heteroatoms. The molecule has 1 atom stereocenters. The van der Waals surface area contributed by atoms with Crippen LogP contribution in [-0.4, -0.2) is 12.2 Å². The van der Waals surface area contributed by atoms with E-state index in [2.05, 4.69) is 0 Å². The largest absolute Gasteiger partial charge is 0.504 e. The normalized spacial score (nSPS) is 18.9. The van der Waals surface area contributed by atoms with Crippen molar-refractivity contribution in [2.24, 2.45) is 11.7 Å². The molecule has 0 aliphatic heterocycles. The molecule has 0 amide bonds. The predicted molar refractivity (Wildman–Crippen MR) is 68.2 cm³/mol. The summed E-state index contributed by atoms with van der Waals surface area (Å²) in [4.78, 5) is 0. The zero-order chi connectivity index (χ0) is 12.3. The highest BCUT2D eigenvalue weighted by Gasteiger charge is 2.22. The Balaban J connectivity index is 2.15. The number of rotatable bonds is 3. The average molecular weight is 235 g/mol. The molecule has 0 bridgehead atoms. The Kier molecular flexibility index (Phi) is 3.89. The fourth-order valence-electron chi connectivity index (χ4n) is 2.67. The van der Waals surface area contributed by atoms with E-state index >= 15 is 0 Å². The standard InChI is InChI=1S/C14H21NO2/c1-17-13-9-11(7-8-12(13)16)14(15)10-5-3-2-4-6-10/h7-10,14,16H,2-6,15H2,1H3/t14-/m0/s1. The minimum Gasteiger partial charge on any atom is -0.504 e. The third-order valence-corrected chi connectivity index (χ3v) is 3.75. The fourth-order valence-corrected chi connectivity index (χ4v) is 2.67. The van der Waals surface area contributed by atoms with Crippen LogP contribution in [0.1, 0.15) is 43.7 Å². The van der Waals surface area contributed by atoms with Gasteiger partial charge in [0.25, 0.3) is 0 Å². The number of hydrogen-bond donors (Lipinski definition) is 2. The van der Waals surface area contributed by atoms with Crippen molar-refractivity contribution in [2.45, 2.75) is 38.1 Å². The zero-order valence-electron chi connectivity index (χ0n) is 10.4. The van der Waals surface area contributed by atoms with Gasteiger partial charge in [0.15, 0.2) is 11.5 Å². The zero-order valence-corrected chi connectivity index (χ0v) is 10.4. The Labute approximate surface area is 103 Å². The second-order valence-corrected chi connectivity index (χ2v) is 4.86. The highest BCUT2D eigenvalue weighted by Crippen LogP contribution is 2.35. The lowest BCUT2D eigenvalue weighted by molar-refractivity contribution is 0.307. The lowest BCUT2D eigenvalue weighted by Crippen LogP contribution is -2.23. The van der Waals surface area contributed by atoms with Gasteiger partial charge in [-0.05, 0) is 36.5 Å². The number of aromatic hydroxyl groups is 1. The lowest BCUT2D eigenvalue weighted by Gasteiger charge is -2.28. The molecule has 0 spiro atoms. The van der Waals surface area contributed by atoms with E-state index < -0.39 is 0 Å². The van der Waals surface area contributed by atoms with Gasteiger partial charge in [-0.2, -0.15) is 0 Å². The molecule has 0 saturated heterocycles. The number of methoxy groups -OCH3 is 1. The van der Waals surface area contributed by atoms with E-state index in [1.165, 1.54) is 32.1 Å². The number of nitrogens with two attached hydrogens (primary N) is 1. The highest BCUT2D eigenvalue weighted by molar-refractivity contribution is 5.42. The smallest absolute Gasteiger partial charge is 0.160 e. The van der Waals surface area contributed by atoms with Crippen molar-refractivity contribution in [1.29, 1.82) is 0 Å². The van der Waals surface area contributed by atoms with Gasteiger partial charge in [-0.3, -0.25) is 0 Å². The van der Waals surface area contributed by atoms with Gasteiger partial charge < -0.3 is 15.6 Å². The van der Waals surface area contributed by atoms with Crippen molar-refractivity contribution in [3.05, 3.63) is 23.8 Å². The number of phenols is 1. The Morgan fingerprint density at radius 1 is 1.29 bits per heavy atom. The molecule has 1 aliphatic carbocycles. The molecule has 17 heavy (non-hydrogen) atoms. The molecule has 2 rings (SSSR count). The number of hydrogen-bond acceptors (Lipinski definition) is 3. The van der Waals surface area contributed by atoms with Crippen molar-refractivity contribution in [3.63, 3.8) is 0 Å². The Morgan fingerprint density at radius 3 is 2.65 bits per heavy atom. The molecular formula is C14H21NO2. The molecule has 1 aliphatic rings. The summed E-state index contributed by atoms with van der Waals surface area (Å²) >= 11 is 0. The maximum atomic E-state index is 9.56. The first-order chi connectivity index (χ1) is 8.22. The molecule has 0 heterocycles. The van der Waals surface area contributed by atoms with Crippen molar-refractivity contribution in [1.82, 2.24) is 0 Å². The summed E-state index contributed by atoms with van der Waals surface area (Å²) in [5.74, 6) is 1.25. The van der Waals surface area contributed by atoms with E-state index in [1.54, 1.807) is 13.2 Å². The summed E-state index contributed by atoms with van der Waals surface area (Å²) in [6.45, 7) is 0. The molecule has 3 N–H and O–H groups in total. The van der Waals surface area contributed by atoms with Crippen LogP contribution in [0, 0.1) is 5.92 Å². The quantitative estimate of drug-likeness (QED) is 0.846. The average Bonchev–Trinajstić information content (AvgIpc) is 2.39. The molecule has 0 radical (unpaired) electrons. The number of ether oxygens (including phenoxy) is 1. The van der Waals surface area contributed by atoms with Gasteiger partial charge in [0, 0.05) is 6.04 Å². The van der Waals surface area contributed by atoms with E-state index in [0.717, 1.165) is 5.56 Å². The molecule has 3 nitrogen and oxygen atoms in total. The number of benzene rings is 1. The molecular weight excluding hydrogens is 214 g/mol. The summed E-state index contributed by atoms with van der Waals surface area (Å²) in [7, 11) is 1.56. The van der Waals surface area contributed by atoms with E-state index in [4.69, 9.17) is 10.5 Å². The summed E-state index contributed by atoms with van der Waals surface area (Å²) in [6.07, 6.45) is 6.33. The van der Waals surface area contributed by atoms with Crippen LogP contribution in [0.2, 0.25) is 0 Å². The minimum atomic E-state index is 0.0600.